The highest BCUT2D eigenvalue weighted by molar-refractivity contribution is 7.78. The predicted octanol–water partition coefficient (Wildman–Crippen LogP) is 4.26. The number of aromatic nitrogens is 2. The molecule has 0 spiro atoms. The lowest BCUT2D eigenvalue weighted by molar-refractivity contribution is 0.539. The van der Waals surface area contributed by atoms with Crippen molar-refractivity contribution in [2.75, 3.05) is 0 Å². The van der Waals surface area contributed by atoms with Gasteiger partial charge in [0.2, 0.25) is 5.95 Å². The highest BCUT2D eigenvalue weighted by atomic mass is 35.5. The molecular weight excluding hydrogens is 311 g/mol. The van der Waals surface area contributed by atoms with Gasteiger partial charge in [-0.3, -0.25) is 0 Å². The van der Waals surface area contributed by atoms with Crippen molar-refractivity contribution in [2.24, 2.45) is 4.99 Å². The molecule has 20 heavy (non-hydrogen) atoms. The lowest BCUT2D eigenvalue weighted by atomic mass is 10.2. The van der Waals surface area contributed by atoms with Gasteiger partial charge in [-0.15, -0.1) is 0 Å². The van der Waals surface area contributed by atoms with Gasteiger partial charge in [-0.2, -0.15) is 9.38 Å². The van der Waals surface area contributed by atoms with Crippen molar-refractivity contribution in [3.8, 4) is 11.4 Å². The van der Waals surface area contributed by atoms with Gasteiger partial charge in [0.1, 0.15) is 11.5 Å². The minimum Gasteiger partial charge on any atom is -0.232 e. The van der Waals surface area contributed by atoms with Crippen molar-refractivity contribution in [1.29, 1.82) is 0 Å². The van der Waals surface area contributed by atoms with Crippen molar-refractivity contribution < 1.29 is 13.2 Å². The normalized spacial score (nSPS) is 10.2. The Labute approximate surface area is 122 Å². The number of pyridine rings is 2. The van der Waals surface area contributed by atoms with Crippen molar-refractivity contribution >= 4 is 34.7 Å². The second kappa shape index (κ2) is 5.66. The van der Waals surface area contributed by atoms with E-state index in [9.17, 15) is 13.2 Å². The predicted molar refractivity (Wildman–Crippen MR) is 71.8 cm³/mol. The van der Waals surface area contributed by atoms with Gasteiger partial charge in [0.15, 0.2) is 11.0 Å². The van der Waals surface area contributed by atoms with Crippen LogP contribution in [0.1, 0.15) is 5.56 Å². The molecule has 0 fully saturated rings. The first-order valence-corrected chi connectivity index (χ1v) is 5.99. The number of thiocarbonyl (C=S) groups is 1. The molecule has 0 aromatic carbocycles. The van der Waals surface area contributed by atoms with Crippen LogP contribution in [0.25, 0.3) is 11.4 Å². The number of rotatable bonds is 2. The first-order chi connectivity index (χ1) is 9.43. The van der Waals surface area contributed by atoms with Gasteiger partial charge in [0.05, 0.1) is 16.5 Å². The molecule has 0 aliphatic rings. The average Bonchev–Trinajstić information content (AvgIpc) is 2.39. The van der Waals surface area contributed by atoms with E-state index in [1.807, 2.05) is 5.16 Å². The van der Waals surface area contributed by atoms with Crippen LogP contribution in [-0.2, 0) is 0 Å². The maximum atomic E-state index is 13.7. The Morgan fingerprint density at radius 1 is 1.15 bits per heavy atom. The van der Waals surface area contributed by atoms with E-state index in [0.29, 0.717) is 0 Å². The zero-order chi connectivity index (χ0) is 14.9. The lowest BCUT2D eigenvalue weighted by Crippen LogP contribution is -1.98. The summed E-state index contributed by atoms with van der Waals surface area (Å²) in [6.45, 7) is 1.24. The topological polar surface area (TPSA) is 38.1 Å². The van der Waals surface area contributed by atoms with Gasteiger partial charge >= 0.3 is 0 Å². The number of hydrogen-bond acceptors (Lipinski definition) is 4. The minimum atomic E-state index is -1.00. The molecule has 0 bridgehead atoms. The Hall–Kier alpha value is -1.82. The number of halogens is 4. The SMILES string of the molecule is Cc1c(F)cc(-c2cc(F)c(N=C=S)c(Cl)n2)nc1F. The second-order valence-corrected chi connectivity index (χ2v) is 4.28. The third kappa shape index (κ3) is 2.70. The van der Waals surface area contributed by atoms with E-state index in [1.54, 1.807) is 0 Å². The summed E-state index contributed by atoms with van der Waals surface area (Å²) in [4.78, 5) is 10.7. The van der Waals surface area contributed by atoms with Crippen LogP contribution in [0.15, 0.2) is 17.1 Å². The summed E-state index contributed by atoms with van der Waals surface area (Å²) in [5.74, 6) is -2.66. The molecule has 0 N–H and O–H groups in total. The van der Waals surface area contributed by atoms with Crippen LogP contribution in [-0.4, -0.2) is 15.1 Å². The van der Waals surface area contributed by atoms with E-state index < -0.39 is 17.6 Å². The van der Waals surface area contributed by atoms with E-state index in [4.69, 9.17) is 11.6 Å². The Morgan fingerprint density at radius 2 is 1.75 bits per heavy atom. The molecule has 0 aliphatic heterocycles. The maximum Gasteiger partial charge on any atom is 0.219 e. The number of aliphatic imine (C=N–C) groups is 1. The molecule has 2 aromatic heterocycles. The summed E-state index contributed by atoms with van der Waals surface area (Å²) in [5, 5.41) is 1.65. The van der Waals surface area contributed by atoms with Gasteiger partial charge in [0.25, 0.3) is 0 Å². The van der Waals surface area contributed by atoms with Crippen LogP contribution in [0.4, 0.5) is 18.9 Å². The average molecular weight is 316 g/mol. The number of nitrogens with zero attached hydrogens (tertiary/aromatic N) is 3. The summed E-state index contributed by atoms with van der Waals surface area (Å²) >= 11 is 10.1. The molecule has 3 nitrogen and oxygen atoms in total. The molecule has 2 aromatic rings. The monoisotopic (exact) mass is 315 g/mol. The Morgan fingerprint density at radius 3 is 2.30 bits per heavy atom. The fraction of sp³-hybridized carbons (Fsp3) is 0.0833. The Balaban J connectivity index is 2.63. The van der Waals surface area contributed by atoms with Crippen molar-refractivity contribution in [3.05, 3.63) is 40.4 Å². The smallest absolute Gasteiger partial charge is 0.219 e. The van der Waals surface area contributed by atoms with Gasteiger partial charge in [-0.05, 0) is 19.1 Å². The summed E-state index contributed by atoms with van der Waals surface area (Å²) in [6.07, 6.45) is 0. The first-order valence-electron chi connectivity index (χ1n) is 5.21. The van der Waals surface area contributed by atoms with Crippen molar-refractivity contribution in [2.45, 2.75) is 6.92 Å². The van der Waals surface area contributed by atoms with Crippen LogP contribution in [0.5, 0.6) is 0 Å². The summed E-state index contributed by atoms with van der Waals surface area (Å²) < 4.78 is 40.6. The number of hydrogen-bond donors (Lipinski definition) is 0. The largest absolute Gasteiger partial charge is 0.232 e. The molecule has 0 atom stereocenters. The van der Waals surface area contributed by atoms with E-state index in [-0.39, 0.29) is 27.8 Å². The van der Waals surface area contributed by atoms with E-state index >= 15 is 0 Å². The standard InChI is InChI=1S/C12H5ClF3N3S/c1-5-6(14)2-9(19-12(5)16)8-3-7(15)10(17-4-20)11(13)18-8/h2-3H,1H3. The van der Waals surface area contributed by atoms with E-state index in [0.717, 1.165) is 12.1 Å². The van der Waals surface area contributed by atoms with Crippen LogP contribution in [0.3, 0.4) is 0 Å². The molecule has 0 aliphatic carbocycles. The van der Waals surface area contributed by atoms with Crippen LogP contribution in [0.2, 0.25) is 5.15 Å². The fourth-order valence-electron chi connectivity index (χ4n) is 1.43. The third-order valence-corrected chi connectivity index (χ3v) is 2.83. The molecule has 0 radical (unpaired) electrons. The molecule has 0 unspecified atom stereocenters. The van der Waals surface area contributed by atoms with Gasteiger partial charge in [0, 0.05) is 17.7 Å². The quantitative estimate of drug-likeness (QED) is 0.472. The molecule has 2 heterocycles. The van der Waals surface area contributed by atoms with Gasteiger partial charge in [-0.1, -0.05) is 11.6 Å². The third-order valence-electron chi connectivity index (χ3n) is 2.47. The lowest BCUT2D eigenvalue weighted by Gasteiger charge is -2.05. The van der Waals surface area contributed by atoms with Crippen LogP contribution < -0.4 is 0 Å². The maximum absolute atomic E-state index is 13.7. The van der Waals surface area contributed by atoms with Gasteiger partial charge < -0.3 is 0 Å². The zero-order valence-electron chi connectivity index (χ0n) is 9.92. The van der Waals surface area contributed by atoms with Gasteiger partial charge in [-0.25, -0.2) is 18.7 Å². The van der Waals surface area contributed by atoms with Crippen molar-refractivity contribution in [1.82, 2.24) is 9.97 Å². The van der Waals surface area contributed by atoms with E-state index in [2.05, 4.69) is 27.2 Å². The summed E-state index contributed by atoms with van der Waals surface area (Å²) in [5.41, 5.74) is -0.821. The molecule has 0 saturated heterocycles. The molecular formula is C12H5ClF3N3S. The molecule has 2 rings (SSSR count). The molecule has 0 amide bonds. The first kappa shape index (κ1) is 14.6. The summed E-state index contributed by atoms with van der Waals surface area (Å²) in [6, 6.07) is 1.85. The highest BCUT2D eigenvalue weighted by Gasteiger charge is 2.15. The van der Waals surface area contributed by atoms with Crippen LogP contribution >= 0.6 is 23.8 Å². The van der Waals surface area contributed by atoms with Crippen molar-refractivity contribution in [3.63, 3.8) is 0 Å². The summed E-state index contributed by atoms with van der Waals surface area (Å²) in [7, 11) is 0. The molecule has 8 heteroatoms. The second-order valence-electron chi connectivity index (χ2n) is 3.74. The zero-order valence-corrected chi connectivity index (χ0v) is 11.5. The molecule has 102 valence electrons. The Bertz CT molecular complexity index is 699. The fourth-order valence-corrected chi connectivity index (χ4v) is 1.75. The minimum absolute atomic E-state index is 0.117. The van der Waals surface area contributed by atoms with Crippen LogP contribution in [0, 0.1) is 24.5 Å². The number of isothiocyanates is 1. The Kier molecular flexibility index (Phi) is 4.13. The molecule has 0 saturated carbocycles. The highest BCUT2D eigenvalue weighted by Crippen LogP contribution is 2.30. The van der Waals surface area contributed by atoms with E-state index in [1.165, 1.54) is 6.92 Å².